The van der Waals surface area contributed by atoms with Crippen LogP contribution in [0.1, 0.15) is 19.4 Å². The second-order valence-electron chi connectivity index (χ2n) is 4.55. The molecule has 0 fully saturated rings. The average molecular weight is 330 g/mol. The second-order valence-corrected chi connectivity index (χ2v) is 4.55. The fourth-order valence-corrected chi connectivity index (χ4v) is 1.09. The van der Waals surface area contributed by atoms with E-state index in [2.05, 4.69) is 41.3 Å². The molecule has 0 radical (unpaired) electrons. The van der Waals surface area contributed by atoms with Crippen molar-refractivity contribution in [2.75, 3.05) is 14.2 Å². The maximum absolute atomic E-state index is 10.2. The lowest BCUT2D eigenvalue weighted by Crippen LogP contribution is -1.98. The summed E-state index contributed by atoms with van der Waals surface area (Å²) >= 11 is 0. The highest BCUT2D eigenvalue weighted by molar-refractivity contribution is 5.87. The van der Waals surface area contributed by atoms with Crippen molar-refractivity contribution in [3.63, 3.8) is 0 Å². The number of methoxy groups -OCH3 is 2. The van der Waals surface area contributed by atoms with Crippen molar-refractivity contribution in [1.82, 2.24) is 0 Å². The van der Waals surface area contributed by atoms with Gasteiger partial charge in [-0.25, -0.2) is 9.59 Å². The molecule has 1 aromatic carbocycles. The molecule has 0 aliphatic heterocycles. The van der Waals surface area contributed by atoms with Crippen molar-refractivity contribution < 1.29 is 19.1 Å². The number of carbonyl (C=O) groups excluding carboxylic acids is 2. The highest BCUT2D eigenvalue weighted by Crippen LogP contribution is 2.00. The van der Waals surface area contributed by atoms with Crippen LogP contribution in [0.4, 0.5) is 0 Å². The number of ether oxygens (including phenoxy) is 2. The Morgan fingerprint density at radius 2 is 1.33 bits per heavy atom. The van der Waals surface area contributed by atoms with Gasteiger partial charge in [0, 0.05) is 11.1 Å². The fraction of sp³-hybridized carbons (Fsp3) is 0.200. The molecule has 0 N–H and O–H groups in total. The third-order valence-corrected chi connectivity index (χ3v) is 2.29. The minimum Gasteiger partial charge on any atom is -0.466 e. The molecule has 0 heterocycles. The number of carbonyl (C=O) groups is 2. The van der Waals surface area contributed by atoms with Crippen LogP contribution < -0.4 is 0 Å². The molecule has 0 aliphatic carbocycles. The summed E-state index contributed by atoms with van der Waals surface area (Å²) in [7, 11) is 2.66. The van der Waals surface area contributed by atoms with Gasteiger partial charge in [-0.1, -0.05) is 68.3 Å². The lowest BCUT2D eigenvalue weighted by molar-refractivity contribution is -0.136. The van der Waals surface area contributed by atoms with E-state index < -0.39 is 0 Å². The first kappa shape index (κ1) is 23.4. The number of esters is 2. The molecular weight excluding hydrogens is 304 g/mol. The van der Waals surface area contributed by atoms with Crippen LogP contribution in [0, 0.1) is 0 Å². The van der Waals surface area contributed by atoms with E-state index >= 15 is 0 Å². The zero-order valence-corrected chi connectivity index (χ0v) is 14.9. The standard InChI is InChI=1S/C10H10.2C5H8O2/c1-2-3-7-10-8-5-4-6-9-10;2*1-4(2)5(6)7-3/h2-9H,1H2;2*1H2,2-3H3. The summed E-state index contributed by atoms with van der Waals surface area (Å²) in [5, 5.41) is 0. The van der Waals surface area contributed by atoms with Gasteiger partial charge in [-0.2, -0.15) is 0 Å². The smallest absolute Gasteiger partial charge is 0.332 e. The summed E-state index contributed by atoms with van der Waals surface area (Å²) in [4.78, 5) is 20.4. The van der Waals surface area contributed by atoms with Gasteiger partial charge >= 0.3 is 11.9 Å². The van der Waals surface area contributed by atoms with Crippen LogP contribution in [0.15, 0.2) is 73.4 Å². The van der Waals surface area contributed by atoms with Crippen molar-refractivity contribution in [3.05, 3.63) is 78.9 Å². The lowest BCUT2D eigenvalue weighted by Gasteiger charge is -1.91. The van der Waals surface area contributed by atoms with Gasteiger partial charge in [0.05, 0.1) is 14.2 Å². The molecular formula is C20H26O4. The number of rotatable bonds is 4. The van der Waals surface area contributed by atoms with Crippen LogP contribution in [0.3, 0.4) is 0 Å². The summed E-state index contributed by atoms with van der Waals surface area (Å²) in [6, 6.07) is 10.1. The summed E-state index contributed by atoms with van der Waals surface area (Å²) in [6.45, 7) is 13.5. The first-order chi connectivity index (χ1) is 11.3. The van der Waals surface area contributed by atoms with Gasteiger partial charge in [-0.15, -0.1) is 0 Å². The van der Waals surface area contributed by atoms with Gasteiger partial charge in [0.25, 0.3) is 0 Å². The lowest BCUT2D eigenvalue weighted by atomic mass is 10.2. The van der Waals surface area contributed by atoms with E-state index in [4.69, 9.17) is 0 Å². The molecule has 130 valence electrons. The minimum absolute atomic E-state index is 0.347. The molecule has 0 saturated carbocycles. The summed E-state index contributed by atoms with van der Waals surface area (Å²) < 4.78 is 8.55. The van der Waals surface area contributed by atoms with E-state index in [0.29, 0.717) is 11.1 Å². The summed E-state index contributed by atoms with van der Waals surface area (Å²) in [5.74, 6) is -0.694. The van der Waals surface area contributed by atoms with E-state index in [0.717, 1.165) is 0 Å². The van der Waals surface area contributed by atoms with Gasteiger partial charge in [-0.05, 0) is 19.4 Å². The van der Waals surface area contributed by atoms with E-state index in [-0.39, 0.29) is 11.9 Å². The molecule has 0 spiro atoms. The maximum atomic E-state index is 10.2. The fourth-order valence-electron chi connectivity index (χ4n) is 1.09. The Morgan fingerprint density at radius 1 is 0.917 bits per heavy atom. The van der Waals surface area contributed by atoms with Crippen molar-refractivity contribution in [3.8, 4) is 0 Å². The average Bonchev–Trinajstić information content (AvgIpc) is 2.60. The second kappa shape index (κ2) is 15.0. The SMILES string of the molecule is C=C(C)C(=O)OC.C=C(C)C(=O)OC.C=CC=Cc1ccccc1. The summed E-state index contributed by atoms with van der Waals surface area (Å²) in [6.07, 6.45) is 5.72. The van der Waals surface area contributed by atoms with Crippen molar-refractivity contribution in [2.45, 2.75) is 13.8 Å². The van der Waals surface area contributed by atoms with Gasteiger partial charge in [0.2, 0.25) is 0 Å². The zero-order chi connectivity index (χ0) is 19.0. The molecule has 0 bridgehead atoms. The molecule has 4 nitrogen and oxygen atoms in total. The van der Waals surface area contributed by atoms with Crippen LogP contribution in [-0.2, 0) is 19.1 Å². The molecule has 0 atom stereocenters. The van der Waals surface area contributed by atoms with Crippen molar-refractivity contribution >= 4 is 18.0 Å². The molecule has 0 amide bonds. The zero-order valence-electron chi connectivity index (χ0n) is 14.9. The van der Waals surface area contributed by atoms with Gasteiger partial charge in [-0.3, -0.25) is 0 Å². The predicted molar refractivity (Wildman–Crippen MR) is 99.3 cm³/mol. The van der Waals surface area contributed by atoms with Gasteiger partial charge in [0.15, 0.2) is 0 Å². The third-order valence-electron chi connectivity index (χ3n) is 2.29. The van der Waals surface area contributed by atoms with E-state index in [9.17, 15) is 9.59 Å². The Balaban J connectivity index is 0. The number of hydrogen-bond donors (Lipinski definition) is 0. The predicted octanol–water partition coefficient (Wildman–Crippen LogP) is 4.36. The van der Waals surface area contributed by atoms with Gasteiger partial charge in [0.1, 0.15) is 0 Å². The quantitative estimate of drug-likeness (QED) is 0.468. The molecule has 1 rings (SSSR count). The molecule has 4 heteroatoms. The minimum atomic E-state index is -0.347. The molecule has 0 saturated heterocycles. The molecule has 0 unspecified atom stereocenters. The molecule has 24 heavy (non-hydrogen) atoms. The van der Waals surface area contributed by atoms with Crippen LogP contribution in [-0.4, -0.2) is 26.2 Å². The van der Waals surface area contributed by atoms with Crippen LogP contribution >= 0.6 is 0 Å². The monoisotopic (exact) mass is 330 g/mol. The Hall–Kier alpha value is -2.88. The van der Waals surface area contributed by atoms with Crippen molar-refractivity contribution in [1.29, 1.82) is 0 Å². The Morgan fingerprint density at radius 3 is 1.58 bits per heavy atom. The number of allylic oxidation sites excluding steroid dienone is 2. The Labute approximate surface area is 144 Å². The normalized spacial score (nSPS) is 8.67. The largest absolute Gasteiger partial charge is 0.466 e. The first-order valence-corrected chi connectivity index (χ1v) is 7.11. The molecule has 1 aromatic rings. The van der Waals surface area contributed by atoms with Crippen LogP contribution in [0.5, 0.6) is 0 Å². The van der Waals surface area contributed by atoms with E-state index in [1.807, 2.05) is 30.4 Å². The number of benzene rings is 1. The van der Waals surface area contributed by atoms with Crippen LogP contribution in [0.2, 0.25) is 0 Å². The molecule has 0 aliphatic rings. The summed E-state index contributed by atoms with van der Waals surface area (Å²) in [5.41, 5.74) is 2.08. The van der Waals surface area contributed by atoms with Crippen LogP contribution in [0.25, 0.3) is 6.08 Å². The highest BCUT2D eigenvalue weighted by atomic mass is 16.5. The van der Waals surface area contributed by atoms with Gasteiger partial charge < -0.3 is 9.47 Å². The third kappa shape index (κ3) is 14.1. The number of hydrogen-bond acceptors (Lipinski definition) is 4. The highest BCUT2D eigenvalue weighted by Gasteiger charge is 1.96. The Kier molecular flexibility index (Phi) is 14.6. The van der Waals surface area contributed by atoms with Crippen molar-refractivity contribution in [2.24, 2.45) is 0 Å². The Bertz CT molecular complexity index is 543. The van der Waals surface area contributed by atoms with E-state index in [1.165, 1.54) is 19.8 Å². The first-order valence-electron chi connectivity index (χ1n) is 7.11. The van der Waals surface area contributed by atoms with E-state index in [1.54, 1.807) is 19.9 Å². The maximum Gasteiger partial charge on any atom is 0.332 e. The topological polar surface area (TPSA) is 52.6 Å². The molecule has 0 aromatic heterocycles.